The van der Waals surface area contributed by atoms with Crippen LogP contribution in [0.2, 0.25) is 0 Å². The Morgan fingerprint density at radius 3 is 2.49 bits per heavy atom. The first kappa shape index (κ1) is 28.9. The van der Waals surface area contributed by atoms with Crippen LogP contribution in [0.15, 0.2) is 60.9 Å². The number of hydroxylamine groups is 2. The maximum Gasteiger partial charge on any atom is 0.340 e. The van der Waals surface area contributed by atoms with Gasteiger partial charge in [0.25, 0.3) is 5.91 Å². The summed E-state index contributed by atoms with van der Waals surface area (Å²) >= 11 is 0. The molecule has 11 nitrogen and oxygen atoms in total. The van der Waals surface area contributed by atoms with E-state index >= 15 is 0 Å². The van der Waals surface area contributed by atoms with Crippen LogP contribution in [0.1, 0.15) is 49.2 Å². The Hall–Kier alpha value is -5.08. The van der Waals surface area contributed by atoms with Crippen LogP contribution in [0.25, 0.3) is 5.52 Å². The molecule has 2 heterocycles. The summed E-state index contributed by atoms with van der Waals surface area (Å²) in [6.45, 7) is 8.73. The van der Waals surface area contributed by atoms with Gasteiger partial charge < -0.3 is 19.5 Å². The van der Waals surface area contributed by atoms with Crippen LogP contribution in [-0.2, 0) is 9.53 Å². The number of aromatic nitrogens is 2. The number of nitrogens with one attached hydrogen (secondary N) is 1. The Balaban J connectivity index is 1.53. The number of nitrogens with zero attached hydrogens (tertiary/aromatic N) is 4. The summed E-state index contributed by atoms with van der Waals surface area (Å²) in [5, 5.41) is 27.7. The van der Waals surface area contributed by atoms with Crippen LogP contribution < -0.4 is 14.8 Å². The Morgan fingerprint density at radius 1 is 1.12 bits per heavy atom. The number of anilines is 2. The quantitative estimate of drug-likeness (QED) is 0.144. The number of ether oxygens (including phenoxy) is 3. The second-order valence-electron chi connectivity index (χ2n) is 9.59. The number of benzene rings is 2. The minimum Gasteiger partial charge on any atom is -0.478 e. The average molecular weight is 558 g/mol. The first-order chi connectivity index (χ1) is 19.6. The Bertz CT molecular complexity index is 1620. The van der Waals surface area contributed by atoms with Crippen molar-refractivity contribution in [1.82, 2.24) is 14.7 Å². The first-order valence-electron chi connectivity index (χ1n) is 13.0. The fourth-order valence-corrected chi connectivity index (χ4v) is 4.19. The molecule has 0 unspecified atom stereocenters. The van der Waals surface area contributed by atoms with E-state index < -0.39 is 17.5 Å². The van der Waals surface area contributed by atoms with Gasteiger partial charge in [0, 0.05) is 24.5 Å². The van der Waals surface area contributed by atoms with Crippen LogP contribution in [0.4, 0.5) is 11.4 Å². The highest BCUT2D eigenvalue weighted by atomic mass is 16.5. The Morgan fingerprint density at radius 2 is 1.83 bits per heavy atom. The molecule has 0 bridgehead atoms. The summed E-state index contributed by atoms with van der Waals surface area (Å²) in [5.41, 5.74) is 1.83. The summed E-state index contributed by atoms with van der Waals surface area (Å²) < 4.78 is 18.5. The van der Waals surface area contributed by atoms with E-state index in [1.807, 2.05) is 0 Å². The molecule has 0 fully saturated rings. The van der Waals surface area contributed by atoms with E-state index in [-0.39, 0.29) is 13.2 Å². The molecule has 4 rings (SSSR count). The van der Waals surface area contributed by atoms with Crippen molar-refractivity contribution < 1.29 is 29.0 Å². The Labute approximate surface area is 237 Å². The van der Waals surface area contributed by atoms with E-state index in [1.165, 1.54) is 6.20 Å². The third-order valence-electron chi connectivity index (χ3n) is 6.26. The monoisotopic (exact) mass is 557 g/mol. The van der Waals surface area contributed by atoms with Gasteiger partial charge in [-0.2, -0.15) is 10.4 Å². The first-order valence-corrected chi connectivity index (χ1v) is 13.0. The number of likely N-dealkylation sites (N-methyl/N-ethyl adjacent to an activating group) is 1. The Kier molecular flexibility index (Phi) is 8.45. The lowest BCUT2D eigenvalue weighted by Crippen LogP contribution is -2.47. The molecule has 0 saturated carbocycles. The van der Waals surface area contributed by atoms with Crippen molar-refractivity contribution in [3.05, 3.63) is 77.6 Å². The SMILES string of the molecule is CCOC(=O)c1cn2ncc(C#N)c(Nc3ccc(Oc4cccc(OC(C)(C)C(=O)N(O)CC)c4)cc3)c2c1C. The number of hydrogen-bond donors (Lipinski definition) is 2. The molecule has 0 aliphatic heterocycles. The van der Waals surface area contributed by atoms with Gasteiger partial charge in [-0.1, -0.05) is 6.07 Å². The van der Waals surface area contributed by atoms with Gasteiger partial charge in [0.1, 0.15) is 23.3 Å². The van der Waals surface area contributed by atoms with Crippen molar-refractivity contribution in [2.75, 3.05) is 18.5 Å². The zero-order valence-corrected chi connectivity index (χ0v) is 23.5. The van der Waals surface area contributed by atoms with Crippen LogP contribution >= 0.6 is 0 Å². The molecular formula is C30H31N5O6. The lowest BCUT2D eigenvalue weighted by molar-refractivity contribution is -0.179. The maximum atomic E-state index is 12.4. The highest BCUT2D eigenvalue weighted by Gasteiger charge is 2.33. The molecule has 0 saturated heterocycles. The van der Waals surface area contributed by atoms with Gasteiger partial charge in [0.05, 0.1) is 35.1 Å². The number of nitriles is 1. The van der Waals surface area contributed by atoms with Gasteiger partial charge in [-0.3, -0.25) is 10.0 Å². The number of carbonyl (C=O) groups is 2. The van der Waals surface area contributed by atoms with Crippen molar-refractivity contribution in [2.45, 2.75) is 40.2 Å². The van der Waals surface area contributed by atoms with E-state index in [1.54, 1.807) is 93.9 Å². The lowest BCUT2D eigenvalue weighted by Gasteiger charge is -2.28. The molecule has 2 aromatic carbocycles. The van der Waals surface area contributed by atoms with E-state index in [9.17, 15) is 20.1 Å². The number of aryl methyl sites for hydroxylation is 1. The lowest BCUT2D eigenvalue weighted by atomic mass is 10.1. The zero-order chi connectivity index (χ0) is 29.7. The highest BCUT2D eigenvalue weighted by Crippen LogP contribution is 2.32. The van der Waals surface area contributed by atoms with E-state index in [4.69, 9.17) is 14.2 Å². The number of fused-ring (bicyclic) bond motifs is 1. The van der Waals surface area contributed by atoms with E-state index in [0.717, 1.165) is 0 Å². The van der Waals surface area contributed by atoms with Crippen LogP contribution in [-0.4, -0.2) is 50.5 Å². The second-order valence-corrected chi connectivity index (χ2v) is 9.59. The molecule has 0 radical (unpaired) electrons. The third-order valence-corrected chi connectivity index (χ3v) is 6.26. The molecule has 1 amide bonds. The summed E-state index contributed by atoms with van der Waals surface area (Å²) in [6, 6.07) is 16.1. The molecule has 212 valence electrons. The number of hydrogen-bond acceptors (Lipinski definition) is 9. The smallest absolute Gasteiger partial charge is 0.340 e. The molecule has 4 aromatic rings. The largest absolute Gasteiger partial charge is 0.478 e. The fraction of sp³-hybridized carbons (Fsp3) is 0.267. The normalized spacial score (nSPS) is 11.0. The zero-order valence-electron chi connectivity index (χ0n) is 23.5. The molecule has 11 heteroatoms. The summed E-state index contributed by atoms with van der Waals surface area (Å²) in [7, 11) is 0. The van der Waals surface area contributed by atoms with Gasteiger partial charge in [-0.15, -0.1) is 0 Å². The van der Waals surface area contributed by atoms with Crippen LogP contribution in [0.5, 0.6) is 17.2 Å². The van der Waals surface area contributed by atoms with Gasteiger partial charge in [0.2, 0.25) is 0 Å². The number of esters is 1. The van der Waals surface area contributed by atoms with Crippen LogP contribution in [0, 0.1) is 18.3 Å². The summed E-state index contributed by atoms with van der Waals surface area (Å²) in [6.07, 6.45) is 3.02. The molecular weight excluding hydrogens is 526 g/mol. The fourth-order valence-electron chi connectivity index (χ4n) is 4.19. The number of rotatable bonds is 10. The molecule has 2 aromatic heterocycles. The minimum atomic E-state index is -1.28. The van der Waals surface area contributed by atoms with Crippen molar-refractivity contribution in [1.29, 1.82) is 5.26 Å². The molecule has 0 spiro atoms. The predicted octanol–water partition coefficient (Wildman–Crippen LogP) is 5.62. The van der Waals surface area contributed by atoms with E-state index in [2.05, 4.69) is 16.5 Å². The minimum absolute atomic E-state index is 0.142. The highest BCUT2D eigenvalue weighted by molar-refractivity contribution is 5.97. The average Bonchev–Trinajstić information content (AvgIpc) is 3.30. The van der Waals surface area contributed by atoms with Crippen LogP contribution in [0.3, 0.4) is 0 Å². The predicted molar refractivity (Wildman–Crippen MR) is 151 cm³/mol. The number of amides is 1. The van der Waals surface area contributed by atoms with Gasteiger partial charge >= 0.3 is 5.97 Å². The van der Waals surface area contributed by atoms with Crippen molar-refractivity contribution in [3.63, 3.8) is 0 Å². The second kappa shape index (κ2) is 12.0. The topological polar surface area (TPSA) is 138 Å². The van der Waals surface area contributed by atoms with Gasteiger partial charge in [0.15, 0.2) is 5.60 Å². The summed E-state index contributed by atoms with van der Waals surface area (Å²) in [5.74, 6) is 0.412. The number of carbonyl (C=O) groups excluding carboxylic acids is 2. The van der Waals surface area contributed by atoms with E-state index in [0.29, 0.717) is 55.9 Å². The van der Waals surface area contributed by atoms with Gasteiger partial charge in [-0.05, 0) is 76.6 Å². The van der Waals surface area contributed by atoms with Gasteiger partial charge in [-0.25, -0.2) is 14.4 Å². The van der Waals surface area contributed by atoms with Crippen molar-refractivity contribution >= 4 is 28.8 Å². The molecule has 0 aliphatic rings. The third kappa shape index (κ3) is 6.23. The molecule has 0 aliphatic carbocycles. The van der Waals surface area contributed by atoms with Crippen molar-refractivity contribution in [3.8, 4) is 23.3 Å². The van der Waals surface area contributed by atoms with Crippen molar-refractivity contribution in [2.24, 2.45) is 0 Å². The summed E-state index contributed by atoms with van der Waals surface area (Å²) in [4.78, 5) is 24.8. The molecule has 0 atom stereocenters. The maximum absolute atomic E-state index is 12.4. The molecule has 41 heavy (non-hydrogen) atoms. The molecule has 2 N–H and O–H groups in total. The standard InChI is InChI=1S/C30H31N5O6/c1-6-35(38)29(37)30(4,5)41-24-10-8-9-23(15-24)40-22-13-11-21(12-14-22)33-26-20(16-31)17-32-34-18-25(19(3)27(26)34)28(36)39-7-2/h8-15,17-18,33,38H,6-7H2,1-5H3.